The van der Waals surface area contributed by atoms with Gasteiger partial charge in [0.25, 0.3) is 0 Å². The van der Waals surface area contributed by atoms with Crippen LogP contribution in [-0.4, -0.2) is 23.0 Å². The molecular formula is C12H24N4O. The number of aromatic nitrogens is 2. The maximum Gasteiger partial charge on any atom is 0.0538 e. The molecule has 0 aliphatic carbocycles. The van der Waals surface area contributed by atoms with E-state index in [1.807, 2.05) is 17.1 Å². The summed E-state index contributed by atoms with van der Waals surface area (Å²) in [7, 11) is 0. The van der Waals surface area contributed by atoms with Crippen molar-refractivity contribution in [2.45, 2.75) is 45.7 Å². The highest BCUT2D eigenvalue weighted by Crippen LogP contribution is 2.15. The van der Waals surface area contributed by atoms with Crippen molar-refractivity contribution >= 4 is 0 Å². The molecule has 98 valence electrons. The van der Waals surface area contributed by atoms with Crippen LogP contribution in [0.15, 0.2) is 12.4 Å². The number of hydrazine groups is 1. The fraction of sp³-hybridized carbons (Fsp3) is 0.750. The van der Waals surface area contributed by atoms with Crippen molar-refractivity contribution in [2.24, 2.45) is 5.84 Å². The molecule has 1 aromatic heterocycles. The van der Waals surface area contributed by atoms with Crippen molar-refractivity contribution < 1.29 is 4.74 Å². The minimum atomic E-state index is 0.123. The Morgan fingerprint density at radius 1 is 1.41 bits per heavy atom. The van der Waals surface area contributed by atoms with Crippen molar-refractivity contribution in [3.63, 3.8) is 0 Å². The van der Waals surface area contributed by atoms with Crippen LogP contribution in [0.3, 0.4) is 0 Å². The van der Waals surface area contributed by atoms with Gasteiger partial charge in [-0.25, -0.2) is 0 Å². The van der Waals surface area contributed by atoms with Gasteiger partial charge in [-0.3, -0.25) is 16.0 Å². The molecule has 5 nitrogen and oxygen atoms in total. The van der Waals surface area contributed by atoms with Gasteiger partial charge < -0.3 is 4.74 Å². The molecule has 1 aromatic rings. The van der Waals surface area contributed by atoms with Gasteiger partial charge in [-0.2, -0.15) is 5.10 Å². The zero-order chi connectivity index (χ0) is 12.5. The third-order valence-corrected chi connectivity index (χ3v) is 2.61. The average molecular weight is 240 g/mol. The van der Waals surface area contributed by atoms with Crippen LogP contribution in [0, 0.1) is 0 Å². The van der Waals surface area contributed by atoms with Gasteiger partial charge in [0.05, 0.1) is 12.2 Å². The fourth-order valence-electron chi connectivity index (χ4n) is 1.70. The summed E-state index contributed by atoms with van der Waals surface area (Å²) in [6.07, 6.45) is 6.93. The third-order valence-electron chi connectivity index (χ3n) is 2.61. The Morgan fingerprint density at radius 2 is 2.24 bits per heavy atom. The first-order valence-electron chi connectivity index (χ1n) is 6.38. The Labute approximate surface area is 103 Å². The number of hydrogen-bond donors (Lipinski definition) is 2. The van der Waals surface area contributed by atoms with Crippen molar-refractivity contribution in [1.82, 2.24) is 15.2 Å². The van der Waals surface area contributed by atoms with Gasteiger partial charge in [0.15, 0.2) is 0 Å². The van der Waals surface area contributed by atoms with Gasteiger partial charge in [0.1, 0.15) is 0 Å². The highest BCUT2D eigenvalue weighted by atomic mass is 16.5. The maximum atomic E-state index is 5.56. The van der Waals surface area contributed by atoms with Crippen molar-refractivity contribution in [2.75, 3.05) is 13.2 Å². The third kappa shape index (κ3) is 4.85. The Hall–Kier alpha value is -0.910. The number of nitrogens with zero attached hydrogens (tertiary/aromatic N) is 2. The number of ether oxygens (including phenoxy) is 1. The summed E-state index contributed by atoms with van der Waals surface area (Å²) in [6, 6.07) is 0.123. The first kappa shape index (κ1) is 14.2. The van der Waals surface area contributed by atoms with E-state index < -0.39 is 0 Å². The molecule has 0 radical (unpaired) electrons. The van der Waals surface area contributed by atoms with Crippen molar-refractivity contribution in [3.8, 4) is 0 Å². The molecule has 0 aliphatic heterocycles. The fourth-order valence-corrected chi connectivity index (χ4v) is 1.70. The monoisotopic (exact) mass is 240 g/mol. The van der Waals surface area contributed by atoms with Gasteiger partial charge in [-0.15, -0.1) is 0 Å². The van der Waals surface area contributed by atoms with E-state index in [0.29, 0.717) is 0 Å². The summed E-state index contributed by atoms with van der Waals surface area (Å²) < 4.78 is 7.42. The van der Waals surface area contributed by atoms with Crippen LogP contribution in [0.2, 0.25) is 0 Å². The topological polar surface area (TPSA) is 65.1 Å². The molecule has 1 unspecified atom stereocenters. The van der Waals surface area contributed by atoms with E-state index in [-0.39, 0.29) is 6.04 Å². The lowest BCUT2D eigenvalue weighted by molar-refractivity contribution is 0.124. The van der Waals surface area contributed by atoms with Gasteiger partial charge in [-0.1, -0.05) is 13.8 Å². The van der Waals surface area contributed by atoms with Crippen LogP contribution in [-0.2, 0) is 11.3 Å². The molecule has 0 aromatic carbocycles. The van der Waals surface area contributed by atoms with Crippen LogP contribution < -0.4 is 11.3 Å². The Kier molecular flexibility index (Phi) is 6.84. The maximum absolute atomic E-state index is 5.56. The summed E-state index contributed by atoms with van der Waals surface area (Å²) in [5, 5.41) is 4.30. The summed E-state index contributed by atoms with van der Waals surface area (Å²) in [5.41, 5.74) is 3.94. The van der Waals surface area contributed by atoms with Crippen LogP contribution in [0.4, 0.5) is 0 Å². The Balaban J connectivity index is 2.42. The normalized spacial score (nSPS) is 12.9. The van der Waals surface area contributed by atoms with Crippen LogP contribution >= 0.6 is 0 Å². The molecule has 1 rings (SSSR count). The van der Waals surface area contributed by atoms with Gasteiger partial charge in [-0.05, 0) is 19.3 Å². The number of nitrogens with two attached hydrogens (primary N) is 1. The average Bonchev–Trinajstić information content (AvgIpc) is 2.78. The molecule has 0 spiro atoms. The molecule has 0 saturated heterocycles. The zero-order valence-corrected chi connectivity index (χ0v) is 10.9. The molecule has 0 amide bonds. The number of hydrogen-bond acceptors (Lipinski definition) is 4. The largest absolute Gasteiger partial charge is 0.381 e. The van der Waals surface area contributed by atoms with Crippen molar-refractivity contribution in [3.05, 3.63) is 18.0 Å². The van der Waals surface area contributed by atoms with E-state index in [0.717, 1.165) is 44.6 Å². The number of rotatable bonds is 9. The zero-order valence-electron chi connectivity index (χ0n) is 10.9. The van der Waals surface area contributed by atoms with E-state index in [9.17, 15) is 0 Å². The first-order valence-corrected chi connectivity index (χ1v) is 6.38. The lowest BCUT2D eigenvalue weighted by atomic mass is 10.1. The predicted molar refractivity (Wildman–Crippen MR) is 68.3 cm³/mol. The molecule has 5 heteroatoms. The van der Waals surface area contributed by atoms with E-state index in [2.05, 4.69) is 24.4 Å². The molecule has 3 N–H and O–H groups in total. The highest BCUT2D eigenvalue weighted by molar-refractivity contribution is 5.09. The SMILES string of the molecule is CCCOCCC(NN)c1cnn(CCC)c1. The second-order valence-corrected chi connectivity index (χ2v) is 4.16. The van der Waals surface area contributed by atoms with E-state index in [4.69, 9.17) is 10.6 Å². The second-order valence-electron chi connectivity index (χ2n) is 4.16. The quantitative estimate of drug-likeness (QED) is 0.391. The smallest absolute Gasteiger partial charge is 0.0538 e. The summed E-state index contributed by atoms with van der Waals surface area (Å²) in [5.74, 6) is 5.56. The molecule has 0 aliphatic rings. The number of aryl methyl sites for hydroxylation is 1. The van der Waals surface area contributed by atoms with E-state index in [1.165, 1.54) is 0 Å². The Bertz CT molecular complexity index is 300. The highest BCUT2D eigenvalue weighted by Gasteiger charge is 2.11. The van der Waals surface area contributed by atoms with Crippen molar-refractivity contribution in [1.29, 1.82) is 0 Å². The minimum Gasteiger partial charge on any atom is -0.381 e. The molecule has 1 heterocycles. The van der Waals surface area contributed by atoms with Crippen LogP contribution in [0.1, 0.15) is 44.7 Å². The van der Waals surface area contributed by atoms with Gasteiger partial charge >= 0.3 is 0 Å². The predicted octanol–water partition coefficient (Wildman–Crippen LogP) is 1.61. The van der Waals surface area contributed by atoms with Crippen LogP contribution in [0.5, 0.6) is 0 Å². The summed E-state index contributed by atoms with van der Waals surface area (Å²) >= 11 is 0. The molecule has 1 atom stereocenters. The lowest BCUT2D eigenvalue weighted by Gasteiger charge is -2.13. The molecule has 0 saturated carbocycles. The van der Waals surface area contributed by atoms with Gasteiger partial charge in [0.2, 0.25) is 0 Å². The summed E-state index contributed by atoms with van der Waals surface area (Å²) in [4.78, 5) is 0. The summed E-state index contributed by atoms with van der Waals surface area (Å²) in [6.45, 7) is 6.73. The Morgan fingerprint density at radius 3 is 2.88 bits per heavy atom. The van der Waals surface area contributed by atoms with Crippen LogP contribution in [0.25, 0.3) is 0 Å². The standard InChI is InChI=1S/C12H24N4O/c1-3-6-16-10-11(9-14-16)12(15-13)5-8-17-7-4-2/h9-10,12,15H,3-8,13H2,1-2H3. The lowest BCUT2D eigenvalue weighted by Crippen LogP contribution is -2.28. The minimum absolute atomic E-state index is 0.123. The molecule has 0 fully saturated rings. The first-order chi connectivity index (χ1) is 8.31. The number of nitrogens with one attached hydrogen (secondary N) is 1. The van der Waals surface area contributed by atoms with E-state index in [1.54, 1.807) is 0 Å². The molecule has 0 bridgehead atoms. The molecule has 17 heavy (non-hydrogen) atoms. The second kappa shape index (κ2) is 8.22. The van der Waals surface area contributed by atoms with Gasteiger partial charge in [0, 0.05) is 31.5 Å². The van der Waals surface area contributed by atoms with E-state index >= 15 is 0 Å². The molecular weight excluding hydrogens is 216 g/mol.